The number of hydrogen-bond donors (Lipinski definition) is 2. The first-order valence-electron chi connectivity index (χ1n) is 5.28. The van der Waals surface area contributed by atoms with E-state index in [9.17, 15) is 14.7 Å². The van der Waals surface area contributed by atoms with Crippen molar-refractivity contribution in [2.75, 3.05) is 13.1 Å². The molecule has 2 N–H and O–H groups in total. The molecule has 5 heteroatoms. The number of carbonyl (C=O) groups is 2. The molecule has 0 radical (unpaired) electrons. The van der Waals surface area contributed by atoms with E-state index in [-0.39, 0.29) is 17.9 Å². The van der Waals surface area contributed by atoms with Crippen molar-refractivity contribution in [3.05, 3.63) is 0 Å². The molecule has 2 aliphatic rings. The van der Waals surface area contributed by atoms with E-state index in [1.807, 2.05) is 0 Å². The summed E-state index contributed by atoms with van der Waals surface area (Å²) in [5.74, 6) is -0.113. The van der Waals surface area contributed by atoms with Gasteiger partial charge in [0.2, 0.25) is 11.8 Å². The number of carbonyl (C=O) groups excluding carboxylic acids is 2. The predicted molar refractivity (Wildman–Crippen MR) is 53.0 cm³/mol. The van der Waals surface area contributed by atoms with Crippen LogP contribution in [0.1, 0.15) is 26.2 Å². The van der Waals surface area contributed by atoms with Crippen LogP contribution >= 0.6 is 0 Å². The van der Waals surface area contributed by atoms with E-state index in [1.165, 1.54) is 0 Å². The van der Waals surface area contributed by atoms with Gasteiger partial charge in [0.1, 0.15) is 6.04 Å². The highest BCUT2D eigenvalue weighted by atomic mass is 16.3. The first-order valence-corrected chi connectivity index (χ1v) is 5.28. The maximum Gasteiger partial charge on any atom is 0.245 e. The second kappa shape index (κ2) is 3.48. The molecular formula is C10H16N2O3. The van der Waals surface area contributed by atoms with Crippen LogP contribution in [0.4, 0.5) is 0 Å². The normalized spacial score (nSPS) is 35.7. The van der Waals surface area contributed by atoms with E-state index < -0.39 is 5.60 Å². The quantitative estimate of drug-likeness (QED) is 0.601. The van der Waals surface area contributed by atoms with Crippen LogP contribution in [0.25, 0.3) is 0 Å². The summed E-state index contributed by atoms with van der Waals surface area (Å²) in [6.45, 7) is 2.68. The Morgan fingerprint density at radius 1 is 1.67 bits per heavy atom. The van der Waals surface area contributed by atoms with Gasteiger partial charge in [-0.1, -0.05) is 0 Å². The lowest BCUT2D eigenvalue weighted by atomic mass is 10.1. The van der Waals surface area contributed by atoms with Gasteiger partial charge in [-0.05, 0) is 19.8 Å². The molecule has 2 amide bonds. The number of amides is 2. The van der Waals surface area contributed by atoms with Crippen LogP contribution in [0.5, 0.6) is 0 Å². The Kier molecular flexibility index (Phi) is 2.42. The molecule has 2 saturated heterocycles. The van der Waals surface area contributed by atoms with Crippen molar-refractivity contribution in [3.8, 4) is 0 Å². The lowest BCUT2D eigenvalue weighted by molar-refractivity contribution is -0.134. The Hall–Kier alpha value is -1.10. The fourth-order valence-electron chi connectivity index (χ4n) is 2.15. The lowest BCUT2D eigenvalue weighted by Gasteiger charge is -2.21. The first kappa shape index (κ1) is 10.4. The highest BCUT2D eigenvalue weighted by molar-refractivity contribution is 5.91. The second-order valence-electron chi connectivity index (χ2n) is 4.67. The Morgan fingerprint density at radius 2 is 2.40 bits per heavy atom. The maximum absolute atomic E-state index is 11.9. The Balaban J connectivity index is 1.95. The molecule has 2 unspecified atom stereocenters. The second-order valence-corrected chi connectivity index (χ2v) is 4.67. The van der Waals surface area contributed by atoms with Crippen molar-refractivity contribution in [1.82, 2.24) is 10.2 Å². The van der Waals surface area contributed by atoms with Gasteiger partial charge in [0, 0.05) is 19.5 Å². The SMILES string of the molecule is CC1(O)CCN(C(=O)C2CCC(=O)N2)C1. The molecular weight excluding hydrogens is 196 g/mol. The molecule has 0 aliphatic carbocycles. The monoisotopic (exact) mass is 212 g/mol. The predicted octanol–water partition coefficient (Wildman–Crippen LogP) is -0.752. The number of rotatable bonds is 1. The fourth-order valence-corrected chi connectivity index (χ4v) is 2.15. The van der Waals surface area contributed by atoms with E-state index in [0.29, 0.717) is 32.4 Å². The number of nitrogens with one attached hydrogen (secondary N) is 1. The topological polar surface area (TPSA) is 69.6 Å². The Bertz CT molecular complexity index is 301. The molecule has 0 bridgehead atoms. The van der Waals surface area contributed by atoms with Crippen molar-refractivity contribution in [2.45, 2.75) is 37.8 Å². The van der Waals surface area contributed by atoms with Crippen LogP contribution in [0.15, 0.2) is 0 Å². The van der Waals surface area contributed by atoms with Crippen LogP contribution in [-0.2, 0) is 9.59 Å². The van der Waals surface area contributed by atoms with Gasteiger partial charge < -0.3 is 15.3 Å². The fraction of sp³-hybridized carbons (Fsp3) is 0.800. The molecule has 0 saturated carbocycles. The minimum atomic E-state index is -0.766. The van der Waals surface area contributed by atoms with E-state index >= 15 is 0 Å². The van der Waals surface area contributed by atoms with Crippen LogP contribution in [0.2, 0.25) is 0 Å². The zero-order valence-corrected chi connectivity index (χ0v) is 8.82. The van der Waals surface area contributed by atoms with Crippen LogP contribution in [-0.4, -0.2) is 46.6 Å². The van der Waals surface area contributed by atoms with Gasteiger partial charge in [-0.3, -0.25) is 9.59 Å². The standard InChI is InChI=1S/C10H16N2O3/c1-10(15)4-5-12(6-10)9(14)7-2-3-8(13)11-7/h7,15H,2-6H2,1H3,(H,11,13). The molecule has 2 heterocycles. The molecule has 2 rings (SSSR count). The molecule has 5 nitrogen and oxygen atoms in total. The molecule has 2 atom stereocenters. The third kappa shape index (κ3) is 2.12. The molecule has 0 aromatic rings. The molecule has 0 aromatic heterocycles. The van der Waals surface area contributed by atoms with Crippen molar-refractivity contribution < 1.29 is 14.7 Å². The number of hydrogen-bond acceptors (Lipinski definition) is 3. The average molecular weight is 212 g/mol. The Morgan fingerprint density at radius 3 is 2.87 bits per heavy atom. The summed E-state index contributed by atoms with van der Waals surface area (Å²) >= 11 is 0. The van der Waals surface area contributed by atoms with Crippen molar-refractivity contribution in [3.63, 3.8) is 0 Å². The summed E-state index contributed by atoms with van der Waals surface area (Å²) in [6.07, 6.45) is 1.62. The number of nitrogens with zero attached hydrogens (tertiary/aromatic N) is 1. The summed E-state index contributed by atoms with van der Waals surface area (Å²) in [7, 11) is 0. The molecule has 0 aromatic carbocycles. The summed E-state index contributed by atoms with van der Waals surface area (Å²) in [5.41, 5.74) is -0.766. The molecule has 84 valence electrons. The first-order chi connectivity index (χ1) is 6.98. The van der Waals surface area contributed by atoms with E-state index in [1.54, 1.807) is 11.8 Å². The number of β-amino-alcohol motifs (C(OH)–C–C–N with tert-alkyl or cyclic N) is 1. The summed E-state index contributed by atoms with van der Waals surface area (Å²) in [4.78, 5) is 24.5. The van der Waals surface area contributed by atoms with Gasteiger partial charge >= 0.3 is 0 Å². The summed E-state index contributed by atoms with van der Waals surface area (Å²) < 4.78 is 0. The van der Waals surface area contributed by atoms with Crippen LogP contribution in [0, 0.1) is 0 Å². The van der Waals surface area contributed by atoms with Crippen molar-refractivity contribution in [2.24, 2.45) is 0 Å². The highest BCUT2D eigenvalue weighted by Gasteiger charge is 2.38. The van der Waals surface area contributed by atoms with Gasteiger partial charge in [-0.2, -0.15) is 0 Å². The van der Waals surface area contributed by atoms with E-state index in [2.05, 4.69) is 5.32 Å². The Labute approximate surface area is 88.4 Å². The van der Waals surface area contributed by atoms with Gasteiger partial charge in [-0.15, -0.1) is 0 Å². The lowest BCUT2D eigenvalue weighted by Crippen LogP contribution is -2.44. The smallest absolute Gasteiger partial charge is 0.245 e. The molecule has 15 heavy (non-hydrogen) atoms. The largest absolute Gasteiger partial charge is 0.388 e. The van der Waals surface area contributed by atoms with Crippen LogP contribution < -0.4 is 5.32 Å². The zero-order valence-electron chi connectivity index (χ0n) is 8.82. The van der Waals surface area contributed by atoms with E-state index in [4.69, 9.17) is 0 Å². The highest BCUT2D eigenvalue weighted by Crippen LogP contribution is 2.22. The molecule has 2 fully saturated rings. The van der Waals surface area contributed by atoms with Gasteiger partial charge in [0.05, 0.1) is 5.60 Å². The minimum absolute atomic E-state index is 0.0562. The van der Waals surface area contributed by atoms with Gasteiger partial charge in [-0.25, -0.2) is 0 Å². The molecule has 2 aliphatic heterocycles. The minimum Gasteiger partial charge on any atom is -0.388 e. The third-order valence-corrected chi connectivity index (χ3v) is 3.06. The van der Waals surface area contributed by atoms with Gasteiger partial charge in [0.25, 0.3) is 0 Å². The van der Waals surface area contributed by atoms with Crippen molar-refractivity contribution >= 4 is 11.8 Å². The number of likely N-dealkylation sites (tertiary alicyclic amines) is 1. The third-order valence-electron chi connectivity index (χ3n) is 3.06. The maximum atomic E-state index is 11.9. The summed E-state index contributed by atoms with van der Waals surface area (Å²) in [6, 6.07) is -0.369. The molecule has 0 spiro atoms. The van der Waals surface area contributed by atoms with E-state index in [0.717, 1.165) is 0 Å². The average Bonchev–Trinajstić information content (AvgIpc) is 2.71. The summed E-state index contributed by atoms with van der Waals surface area (Å²) in [5, 5.41) is 12.4. The van der Waals surface area contributed by atoms with Crippen LogP contribution in [0.3, 0.4) is 0 Å². The number of aliphatic hydroxyl groups is 1. The van der Waals surface area contributed by atoms with Crippen molar-refractivity contribution in [1.29, 1.82) is 0 Å². The zero-order chi connectivity index (χ0) is 11.1. The van der Waals surface area contributed by atoms with Gasteiger partial charge in [0.15, 0.2) is 0 Å².